The van der Waals surface area contributed by atoms with Crippen LogP contribution in [0.1, 0.15) is 10.4 Å². The SMILES string of the molecule is COc1cc(NC(=O)c2cncc(OS(=O)(=O)F)c2)[nH]n1. The summed E-state index contributed by atoms with van der Waals surface area (Å²) in [6.45, 7) is 0. The number of hydrogen-bond donors (Lipinski definition) is 2. The lowest BCUT2D eigenvalue weighted by Gasteiger charge is -2.04. The Bertz CT molecular complexity index is 760. The molecule has 2 heterocycles. The molecule has 2 aromatic rings. The van der Waals surface area contributed by atoms with Crippen LogP contribution in [0.25, 0.3) is 0 Å². The molecule has 0 radical (unpaired) electrons. The first-order valence-corrected chi connectivity index (χ1v) is 6.68. The summed E-state index contributed by atoms with van der Waals surface area (Å²) >= 11 is 0. The monoisotopic (exact) mass is 316 g/mol. The van der Waals surface area contributed by atoms with Crippen LogP contribution in [-0.2, 0) is 10.5 Å². The molecule has 0 saturated carbocycles. The van der Waals surface area contributed by atoms with Gasteiger partial charge in [-0.3, -0.25) is 14.9 Å². The number of nitrogens with zero attached hydrogens (tertiary/aromatic N) is 2. The van der Waals surface area contributed by atoms with Gasteiger partial charge in [0.25, 0.3) is 5.91 Å². The molecule has 0 aliphatic heterocycles. The van der Waals surface area contributed by atoms with E-state index in [4.69, 9.17) is 4.74 Å². The van der Waals surface area contributed by atoms with Gasteiger partial charge in [0.2, 0.25) is 5.88 Å². The first kappa shape index (κ1) is 14.7. The number of aromatic amines is 1. The number of carbonyl (C=O) groups is 1. The summed E-state index contributed by atoms with van der Waals surface area (Å²) in [5, 5.41) is 8.64. The maximum absolute atomic E-state index is 12.4. The highest BCUT2D eigenvalue weighted by atomic mass is 32.3. The van der Waals surface area contributed by atoms with Crippen molar-refractivity contribution < 1.29 is 26.0 Å². The van der Waals surface area contributed by atoms with E-state index in [1.54, 1.807) is 0 Å². The number of amides is 1. The molecule has 0 saturated heterocycles. The van der Waals surface area contributed by atoms with Crippen LogP contribution in [0.3, 0.4) is 0 Å². The van der Waals surface area contributed by atoms with Gasteiger partial charge >= 0.3 is 10.5 Å². The highest BCUT2D eigenvalue weighted by molar-refractivity contribution is 7.81. The minimum Gasteiger partial charge on any atom is -0.480 e. The second-order valence-electron chi connectivity index (χ2n) is 3.66. The van der Waals surface area contributed by atoms with E-state index in [0.29, 0.717) is 0 Å². The van der Waals surface area contributed by atoms with Crippen LogP contribution < -0.4 is 14.2 Å². The second kappa shape index (κ2) is 5.75. The summed E-state index contributed by atoms with van der Waals surface area (Å²) in [6.07, 6.45) is 2.10. The Morgan fingerprint density at radius 3 is 2.76 bits per heavy atom. The zero-order valence-corrected chi connectivity index (χ0v) is 11.3. The summed E-state index contributed by atoms with van der Waals surface area (Å²) in [5.74, 6) is -0.534. The maximum atomic E-state index is 12.4. The molecule has 0 aliphatic rings. The normalized spacial score (nSPS) is 11.0. The number of hydrogen-bond acceptors (Lipinski definition) is 7. The molecule has 21 heavy (non-hydrogen) atoms. The summed E-state index contributed by atoms with van der Waals surface area (Å²) in [7, 11) is -3.78. The lowest BCUT2D eigenvalue weighted by Crippen LogP contribution is -2.13. The smallest absolute Gasteiger partial charge is 0.480 e. The van der Waals surface area contributed by atoms with E-state index < -0.39 is 22.2 Å². The third kappa shape index (κ3) is 4.14. The van der Waals surface area contributed by atoms with Crippen LogP contribution in [-0.4, -0.2) is 36.6 Å². The molecule has 0 bridgehead atoms. The van der Waals surface area contributed by atoms with Gasteiger partial charge in [0.1, 0.15) is 5.82 Å². The van der Waals surface area contributed by atoms with E-state index in [-0.39, 0.29) is 17.3 Å². The number of nitrogens with one attached hydrogen (secondary N) is 2. The number of methoxy groups -OCH3 is 1. The number of halogens is 1. The second-order valence-corrected chi connectivity index (χ2v) is 4.62. The topological polar surface area (TPSA) is 123 Å². The Morgan fingerprint density at radius 2 is 2.14 bits per heavy atom. The molecule has 2 aromatic heterocycles. The molecule has 9 nitrogen and oxygen atoms in total. The molecule has 0 fully saturated rings. The van der Waals surface area contributed by atoms with Gasteiger partial charge in [0.05, 0.1) is 18.9 Å². The van der Waals surface area contributed by atoms with Gasteiger partial charge in [0, 0.05) is 12.3 Å². The van der Waals surface area contributed by atoms with Crippen LogP contribution >= 0.6 is 0 Å². The number of carbonyl (C=O) groups excluding carboxylic acids is 1. The quantitative estimate of drug-likeness (QED) is 0.776. The van der Waals surface area contributed by atoms with Crippen molar-refractivity contribution in [3.63, 3.8) is 0 Å². The van der Waals surface area contributed by atoms with Crippen LogP contribution in [0, 0.1) is 0 Å². The van der Waals surface area contributed by atoms with E-state index in [0.717, 1.165) is 18.5 Å². The molecule has 0 aromatic carbocycles. The maximum Gasteiger partial charge on any atom is 0.488 e. The molecule has 0 aliphatic carbocycles. The minimum atomic E-state index is -5.18. The fourth-order valence-corrected chi connectivity index (χ4v) is 1.69. The van der Waals surface area contributed by atoms with Crippen LogP contribution in [0.4, 0.5) is 9.70 Å². The summed E-state index contributed by atoms with van der Waals surface area (Å²) in [4.78, 5) is 15.5. The number of anilines is 1. The summed E-state index contributed by atoms with van der Waals surface area (Å²) in [5.41, 5.74) is -0.0373. The first-order valence-electron chi connectivity index (χ1n) is 5.37. The molecule has 1 amide bonds. The molecule has 0 unspecified atom stereocenters. The third-order valence-electron chi connectivity index (χ3n) is 2.18. The highest BCUT2D eigenvalue weighted by Crippen LogP contribution is 2.16. The van der Waals surface area contributed by atoms with Gasteiger partial charge < -0.3 is 14.2 Å². The molecule has 0 atom stereocenters. The molecular weight excluding hydrogens is 307 g/mol. The Morgan fingerprint density at radius 1 is 1.38 bits per heavy atom. The lowest BCUT2D eigenvalue weighted by atomic mass is 10.2. The number of ether oxygens (including phenoxy) is 1. The van der Waals surface area contributed by atoms with Crippen LogP contribution in [0.5, 0.6) is 11.6 Å². The van der Waals surface area contributed by atoms with Crippen molar-refractivity contribution >= 4 is 22.2 Å². The highest BCUT2D eigenvalue weighted by Gasteiger charge is 2.14. The summed E-state index contributed by atoms with van der Waals surface area (Å²) < 4.78 is 41.9. The fraction of sp³-hybridized carbons (Fsp3) is 0.100. The van der Waals surface area contributed by atoms with Crippen LogP contribution in [0.2, 0.25) is 0 Å². The van der Waals surface area contributed by atoms with Gasteiger partial charge in [0.15, 0.2) is 5.75 Å². The Labute approximate surface area is 118 Å². The zero-order valence-electron chi connectivity index (χ0n) is 10.5. The average Bonchev–Trinajstić information content (AvgIpc) is 2.84. The summed E-state index contributed by atoms with van der Waals surface area (Å²) in [6, 6.07) is 2.45. The van der Waals surface area contributed by atoms with Gasteiger partial charge in [-0.05, 0) is 6.07 Å². The van der Waals surface area contributed by atoms with E-state index in [9.17, 15) is 17.1 Å². The standard InChI is InChI=1S/C10H9FN4O5S/c1-19-9-3-8(14-15-9)13-10(16)6-2-7(5-12-4-6)20-21(11,17)18/h2-5H,1H3,(H2,13,14,15,16). The van der Waals surface area contributed by atoms with Crippen molar-refractivity contribution in [3.8, 4) is 11.6 Å². The zero-order chi connectivity index (χ0) is 15.5. The molecule has 0 spiro atoms. The van der Waals surface area contributed by atoms with Crippen molar-refractivity contribution in [2.24, 2.45) is 0 Å². The van der Waals surface area contributed by atoms with Crippen molar-refractivity contribution in [1.82, 2.24) is 15.2 Å². The van der Waals surface area contributed by atoms with Crippen molar-refractivity contribution in [3.05, 3.63) is 30.1 Å². The Balaban J connectivity index is 2.13. The lowest BCUT2D eigenvalue weighted by molar-refractivity contribution is 0.102. The first-order chi connectivity index (χ1) is 9.87. The van der Waals surface area contributed by atoms with E-state index >= 15 is 0 Å². The van der Waals surface area contributed by atoms with Crippen molar-refractivity contribution in [2.75, 3.05) is 12.4 Å². The van der Waals surface area contributed by atoms with Crippen molar-refractivity contribution in [1.29, 1.82) is 0 Å². The Hall–Kier alpha value is -2.69. The number of H-pyrrole nitrogens is 1. The number of pyridine rings is 1. The van der Waals surface area contributed by atoms with E-state index in [2.05, 4.69) is 24.7 Å². The minimum absolute atomic E-state index is 0.0373. The third-order valence-corrected chi connectivity index (χ3v) is 2.57. The van der Waals surface area contributed by atoms with Gasteiger partial charge in [-0.2, -0.15) is 8.42 Å². The molecule has 112 valence electrons. The average molecular weight is 316 g/mol. The predicted octanol–water partition coefficient (Wildman–Crippen LogP) is 0.659. The van der Waals surface area contributed by atoms with Crippen LogP contribution in [0.15, 0.2) is 24.5 Å². The number of rotatable bonds is 5. The van der Waals surface area contributed by atoms with Gasteiger partial charge in [-0.15, -0.1) is 5.10 Å². The van der Waals surface area contributed by atoms with Gasteiger partial charge in [-0.25, -0.2) is 0 Å². The Kier molecular flexibility index (Phi) is 4.03. The predicted molar refractivity (Wildman–Crippen MR) is 68.0 cm³/mol. The van der Waals surface area contributed by atoms with Gasteiger partial charge in [-0.1, -0.05) is 3.89 Å². The van der Waals surface area contributed by atoms with E-state index in [1.807, 2.05) is 0 Å². The molecular formula is C10H9FN4O5S. The van der Waals surface area contributed by atoms with E-state index in [1.165, 1.54) is 13.2 Å². The molecule has 11 heteroatoms. The molecule has 2 N–H and O–H groups in total. The fourth-order valence-electron chi connectivity index (χ4n) is 1.37. The number of aromatic nitrogens is 3. The molecule has 2 rings (SSSR count). The van der Waals surface area contributed by atoms with Crippen molar-refractivity contribution in [2.45, 2.75) is 0 Å². The largest absolute Gasteiger partial charge is 0.488 e.